The molecule has 1 aromatic heterocycles. The molecule has 1 heterocycles. The molecule has 0 saturated heterocycles. The van der Waals surface area contributed by atoms with Crippen LogP contribution in [-0.2, 0) is 17.5 Å². The van der Waals surface area contributed by atoms with Crippen LogP contribution in [-0.4, -0.2) is 7.11 Å². The second-order valence-electron chi connectivity index (χ2n) is 3.37. The summed E-state index contributed by atoms with van der Waals surface area (Å²) in [4.78, 5) is 0. The van der Waals surface area contributed by atoms with Crippen LogP contribution in [0.3, 0.4) is 0 Å². The molecular weight excluding hydrogens is 237 g/mol. The normalized spacial score (nSPS) is 12.2. The summed E-state index contributed by atoms with van der Waals surface area (Å²) in [7, 11) is 1.47. The summed E-state index contributed by atoms with van der Waals surface area (Å²) in [5.41, 5.74) is 0.00808. The first-order valence-corrected chi connectivity index (χ1v) is 5.47. The molecule has 2 rings (SSSR count). The molecule has 16 heavy (non-hydrogen) atoms. The lowest BCUT2D eigenvalue weighted by molar-refractivity contribution is -0.136. The van der Waals surface area contributed by atoms with Crippen LogP contribution < -0.4 is 0 Å². The highest BCUT2D eigenvalue weighted by atomic mass is 32.1. The van der Waals surface area contributed by atoms with Crippen LogP contribution in [0.5, 0.6) is 0 Å². The molecular formula is C11H9F3OS. The molecule has 86 valence electrons. The third kappa shape index (κ3) is 1.92. The van der Waals surface area contributed by atoms with Crippen LogP contribution in [0.25, 0.3) is 10.1 Å². The Labute approximate surface area is 94.5 Å². The van der Waals surface area contributed by atoms with Crippen molar-refractivity contribution in [3.8, 4) is 0 Å². The molecule has 1 nitrogen and oxygen atoms in total. The van der Waals surface area contributed by atoms with E-state index >= 15 is 0 Å². The van der Waals surface area contributed by atoms with E-state index in [0.717, 1.165) is 6.07 Å². The maximum absolute atomic E-state index is 12.8. The average Bonchev–Trinajstić information content (AvgIpc) is 2.61. The Morgan fingerprint density at radius 1 is 1.31 bits per heavy atom. The van der Waals surface area contributed by atoms with Gasteiger partial charge >= 0.3 is 6.18 Å². The molecule has 2 aromatic rings. The van der Waals surface area contributed by atoms with Gasteiger partial charge in [-0.15, -0.1) is 11.3 Å². The van der Waals surface area contributed by atoms with Crippen LogP contribution in [0.15, 0.2) is 23.6 Å². The number of benzene rings is 1. The summed E-state index contributed by atoms with van der Waals surface area (Å²) in [5, 5.41) is 1.98. The lowest BCUT2D eigenvalue weighted by Gasteiger charge is -2.09. The Bertz CT molecular complexity index is 501. The SMILES string of the molecule is COCc1csc2cccc(C(F)(F)F)c12. The predicted octanol–water partition coefficient (Wildman–Crippen LogP) is 4.07. The van der Waals surface area contributed by atoms with Gasteiger partial charge in [0.2, 0.25) is 0 Å². The number of rotatable bonds is 2. The Kier molecular flexibility index (Phi) is 2.90. The van der Waals surface area contributed by atoms with Gasteiger partial charge in [-0.05, 0) is 23.1 Å². The third-order valence-corrected chi connectivity index (χ3v) is 3.28. The number of ether oxygens (including phenoxy) is 1. The third-order valence-electron chi connectivity index (χ3n) is 2.28. The second kappa shape index (κ2) is 4.07. The number of methoxy groups -OCH3 is 1. The van der Waals surface area contributed by atoms with E-state index in [2.05, 4.69) is 0 Å². The van der Waals surface area contributed by atoms with Crippen LogP contribution in [0.1, 0.15) is 11.1 Å². The maximum Gasteiger partial charge on any atom is 0.417 e. The average molecular weight is 246 g/mol. The van der Waals surface area contributed by atoms with Gasteiger partial charge in [0.1, 0.15) is 0 Å². The van der Waals surface area contributed by atoms with Crippen LogP contribution in [0.4, 0.5) is 13.2 Å². The number of hydrogen-bond donors (Lipinski definition) is 0. The van der Waals surface area contributed by atoms with Crippen LogP contribution in [0, 0.1) is 0 Å². The van der Waals surface area contributed by atoms with Gasteiger partial charge < -0.3 is 4.74 Å². The van der Waals surface area contributed by atoms with Crippen molar-refractivity contribution in [1.29, 1.82) is 0 Å². The Hall–Kier alpha value is -1.07. The van der Waals surface area contributed by atoms with Crippen LogP contribution in [0.2, 0.25) is 0 Å². The first-order valence-electron chi connectivity index (χ1n) is 4.59. The highest BCUT2D eigenvalue weighted by Crippen LogP contribution is 2.38. The Morgan fingerprint density at radius 3 is 2.69 bits per heavy atom. The molecule has 0 aliphatic carbocycles. The zero-order chi connectivity index (χ0) is 11.8. The van der Waals surface area contributed by atoms with Crippen molar-refractivity contribution in [2.24, 2.45) is 0 Å². The molecule has 5 heteroatoms. The van der Waals surface area contributed by atoms with E-state index in [1.165, 1.54) is 24.5 Å². The Balaban J connectivity index is 2.68. The van der Waals surface area contributed by atoms with Gasteiger partial charge in [0.05, 0.1) is 12.2 Å². The first-order chi connectivity index (χ1) is 7.54. The minimum absolute atomic E-state index is 0.201. The van der Waals surface area contributed by atoms with E-state index in [0.29, 0.717) is 10.3 Å². The standard InChI is InChI=1S/C11H9F3OS/c1-15-5-7-6-16-9-4-2-3-8(10(7)9)11(12,13)14/h2-4,6H,5H2,1H3. The van der Waals surface area contributed by atoms with Gasteiger partial charge in [-0.1, -0.05) is 6.07 Å². The largest absolute Gasteiger partial charge is 0.417 e. The number of fused-ring (bicyclic) bond motifs is 1. The molecule has 0 amide bonds. The number of hydrogen-bond acceptors (Lipinski definition) is 2. The van der Waals surface area contributed by atoms with Crippen LogP contribution >= 0.6 is 11.3 Å². The topological polar surface area (TPSA) is 9.23 Å². The maximum atomic E-state index is 12.8. The van der Waals surface area contributed by atoms with Crippen molar-refractivity contribution >= 4 is 21.4 Å². The second-order valence-corrected chi connectivity index (χ2v) is 4.28. The molecule has 0 saturated carbocycles. The summed E-state index contributed by atoms with van der Waals surface area (Å²) >= 11 is 1.30. The van der Waals surface area contributed by atoms with Gasteiger partial charge in [0, 0.05) is 17.2 Å². The van der Waals surface area contributed by atoms with E-state index in [4.69, 9.17) is 4.74 Å². The minimum Gasteiger partial charge on any atom is -0.380 e. The Morgan fingerprint density at radius 2 is 2.06 bits per heavy atom. The monoisotopic (exact) mass is 246 g/mol. The molecule has 0 aliphatic rings. The van der Waals surface area contributed by atoms with Crippen molar-refractivity contribution in [1.82, 2.24) is 0 Å². The fraction of sp³-hybridized carbons (Fsp3) is 0.273. The van der Waals surface area contributed by atoms with E-state index in [-0.39, 0.29) is 12.0 Å². The van der Waals surface area contributed by atoms with Crippen molar-refractivity contribution in [3.05, 3.63) is 34.7 Å². The summed E-state index contributed by atoms with van der Waals surface area (Å²) in [5.74, 6) is 0. The molecule has 0 spiro atoms. The van der Waals surface area contributed by atoms with Gasteiger partial charge in [0.25, 0.3) is 0 Å². The number of thiophene rings is 1. The minimum atomic E-state index is -4.32. The molecule has 0 fully saturated rings. The molecule has 0 atom stereocenters. The molecule has 0 N–H and O–H groups in total. The number of alkyl halides is 3. The summed E-state index contributed by atoms with van der Waals surface area (Å²) in [6, 6.07) is 4.22. The summed E-state index contributed by atoms with van der Waals surface area (Å²) in [6.45, 7) is 0.201. The molecule has 0 aliphatic heterocycles. The zero-order valence-corrected chi connectivity index (χ0v) is 9.28. The lowest BCUT2D eigenvalue weighted by atomic mass is 10.1. The quantitative estimate of drug-likeness (QED) is 0.776. The van der Waals surface area contributed by atoms with E-state index < -0.39 is 11.7 Å². The van der Waals surface area contributed by atoms with Crippen molar-refractivity contribution < 1.29 is 17.9 Å². The molecule has 0 bridgehead atoms. The first kappa shape index (κ1) is 11.4. The van der Waals surface area contributed by atoms with Crippen molar-refractivity contribution in [2.45, 2.75) is 12.8 Å². The highest BCUT2D eigenvalue weighted by molar-refractivity contribution is 7.17. The van der Waals surface area contributed by atoms with Gasteiger partial charge in [-0.3, -0.25) is 0 Å². The summed E-state index contributed by atoms with van der Waals surface area (Å²) < 4.78 is 43.9. The van der Waals surface area contributed by atoms with E-state index in [1.54, 1.807) is 11.4 Å². The predicted molar refractivity (Wildman–Crippen MR) is 57.5 cm³/mol. The van der Waals surface area contributed by atoms with Gasteiger partial charge in [-0.2, -0.15) is 13.2 Å². The van der Waals surface area contributed by atoms with E-state index in [9.17, 15) is 13.2 Å². The molecule has 1 aromatic carbocycles. The van der Waals surface area contributed by atoms with Crippen molar-refractivity contribution in [2.75, 3.05) is 7.11 Å². The fourth-order valence-electron chi connectivity index (χ4n) is 1.65. The lowest BCUT2D eigenvalue weighted by Crippen LogP contribution is -2.06. The van der Waals surface area contributed by atoms with E-state index in [1.807, 2.05) is 0 Å². The number of halogens is 3. The smallest absolute Gasteiger partial charge is 0.380 e. The molecule has 0 unspecified atom stereocenters. The van der Waals surface area contributed by atoms with Gasteiger partial charge in [0.15, 0.2) is 0 Å². The highest BCUT2D eigenvalue weighted by Gasteiger charge is 2.33. The zero-order valence-electron chi connectivity index (χ0n) is 8.47. The van der Waals surface area contributed by atoms with Crippen molar-refractivity contribution in [3.63, 3.8) is 0 Å². The summed E-state index contributed by atoms with van der Waals surface area (Å²) in [6.07, 6.45) is -4.32. The fourth-order valence-corrected chi connectivity index (χ4v) is 2.62. The molecule has 0 radical (unpaired) electrons. The van der Waals surface area contributed by atoms with Gasteiger partial charge in [-0.25, -0.2) is 0 Å².